The molecule has 27 heavy (non-hydrogen) atoms. The molecule has 0 bridgehead atoms. The number of benzene rings is 2. The average molecular weight is 387 g/mol. The van der Waals surface area contributed by atoms with E-state index < -0.39 is 12.1 Å². The van der Waals surface area contributed by atoms with E-state index >= 15 is 0 Å². The Morgan fingerprint density at radius 2 is 2.04 bits per heavy atom. The molecule has 2 atom stereocenters. The topological polar surface area (TPSA) is 78.4 Å². The first kappa shape index (κ1) is 19.4. The SMILES string of the molecule is CCC[C@@H](NC(=O)c1cccc2c1NC(=O)C2)[C@@H](O)c1cccc(Cl)c1C. The second-order valence-corrected chi connectivity index (χ2v) is 7.24. The van der Waals surface area contributed by atoms with Gasteiger partial charge in [-0.25, -0.2) is 0 Å². The highest BCUT2D eigenvalue weighted by Crippen LogP contribution is 2.30. The molecule has 2 aromatic rings. The van der Waals surface area contributed by atoms with Crippen molar-refractivity contribution < 1.29 is 14.7 Å². The highest BCUT2D eigenvalue weighted by Gasteiger charge is 2.28. The van der Waals surface area contributed by atoms with Crippen LogP contribution in [0, 0.1) is 6.92 Å². The maximum Gasteiger partial charge on any atom is 0.253 e. The number of hydrogen-bond donors (Lipinski definition) is 3. The first-order valence-corrected chi connectivity index (χ1v) is 9.45. The Morgan fingerprint density at radius 3 is 2.78 bits per heavy atom. The molecule has 0 spiro atoms. The Hall–Kier alpha value is -2.37. The summed E-state index contributed by atoms with van der Waals surface area (Å²) in [7, 11) is 0. The zero-order valence-electron chi connectivity index (χ0n) is 15.4. The average Bonchev–Trinajstić information content (AvgIpc) is 3.03. The molecule has 0 fully saturated rings. The lowest BCUT2D eigenvalue weighted by Crippen LogP contribution is -2.39. The zero-order chi connectivity index (χ0) is 19.6. The third-order valence-electron chi connectivity index (χ3n) is 4.94. The van der Waals surface area contributed by atoms with Gasteiger partial charge in [0.1, 0.15) is 0 Å². The zero-order valence-corrected chi connectivity index (χ0v) is 16.1. The van der Waals surface area contributed by atoms with Crippen LogP contribution in [0.15, 0.2) is 36.4 Å². The summed E-state index contributed by atoms with van der Waals surface area (Å²) in [6.07, 6.45) is 0.809. The molecule has 6 heteroatoms. The molecule has 3 rings (SSSR count). The first-order valence-electron chi connectivity index (χ1n) is 9.08. The standard InChI is InChI=1S/C21H23ClN2O3/c1-3-6-17(20(26)14-8-5-10-16(22)12(14)2)23-21(27)15-9-4-7-13-11-18(25)24-19(13)15/h4-5,7-10,17,20,26H,3,6,11H2,1-2H3,(H,23,27)(H,24,25)/t17-,20+/m1/s1. The van der Waals surface area contributed by atoms with Gasteiger partial charge in [-0.1, -0.05) is 49.2 Å². The number of aliphatic hydroxyl groups is 1. The largest absolute Gasteiger partial charge is 0.386 e. The third-order valence-corrected chi connectivity index (χ3v) is 5.35. The fraction of sp³-hybridized carbons (Fsp3) is 0.333. The van der Waals surface area contributed by atoms with E-state index in [4.69, 9.17) is 11.6 Å². The summed E-state index contributed by atoms with van der Waals surface area (Å²) in [6.45, 7) is 3.85. The van der Waals surface area contributed by atoms with Gasteiger partial charge >= 0.3 is 0 Å². The molecule has 0 radical (unpaired) electrons. The van der Waals surface area contributed by atoms with E-state index in [9.17, 15) is 14.7 Å². The monoisotopic (exact) mass is 386 g/mol. The summed E-state index contributed by atoms with van der Waals surface area (Å²) in [5, 5.41) is 17.2. The second-order valence-electron chi connectivity index (χ2n) is 6.83. The molecule has 142 valence electrons. The predicted molar refractivity (Wildman–Crippen MR) is 106 cm³/mol. The van der Waals surface area contributed by atoms with Crippen LogP contribution in [0.4, 0.5) is 5.69 Å². The third kappa shape index (κ3) is 3.99. The number of aliphatic hydroxyl groups excluding tert-OH is 1. The van der Waals surface area contributed by atoms with Crippen molar-refractivity contribution in [3.63, 3.8) is 0 Å². The lowest BCUT2D eigenvalue weighted by molar-refractivity contribution is -0.115. The van der Waals surface area contributed by atoms with Crippen molar-refractivity contribution in [1.82, 2.24) is 5.32 Å². The van der Waals surface area contributed by atoms with E-state index in [0.29, 0.717) is 28.3 Å². The van der Waals surface area contributed by atoms with Crippen molar-refractivity contribution in [2.24, 2.45) is 0 Å². The van der Waals surface area contributed by atoms with Crippen molar-refractivity contribution in [2.75, 3.05) is 5.32 Å². The maximum atomic E-state index is 12.9. The number of fused-ring (bicyclic) bond motifs is 1. The molecule has 3 N–H and O–H groups in total. The summed E-state index contributed by atoms with van der Waals surface area (Å²) < 4.78 is 0. The van der Waals surface area contributed by atoms with E-state index in [1.165, 1.54) is 0 Å². The number of carbonyl (C=O) groups is 2. The van der Waals surface area contributed by atoms with Gasteiger partial charge in [0.15, 0.2) is 0 Å². The lowest BCUT2D eigenvalue weighted by Gasteiger charge is -2.26. The van der Waals surface area contributed by atoms with Gasteiger partial charge in [-0.3, -0.25) is 9.59 Å². The quantitative estimate of drug-likeness (QED) is 0.707. The Kier molecular flexibility index (Phi) is 5.82. The van der Waals surface area contributed by atoms with Crippen LogP contribution in [0.3, 0.4) is 0 Å². The molecule has 5 nitrogen and oxygen atoms in total. The number of rotatable bonds is 6. The summed E-state index contributed by atoms with van der Waals surface area (Å²) in [5.41, 5.74) is 3.28. The molecule has 2 aromatic carbocycles. The fourth-order valence-electron chi connectivity index (χ4n) is 3.47. The predicted octanol–water partition coefficient (Wildman–Crippen LogP) is 3.78. The van der Waals surface area contributed by atoms with E-state index in [0.717, 1.165) is 17.5 Å². The molecule has 2 amide bonds. The van der Waals surface area contributed by atoms with Crippen LogP contribution in [0.5, 0.6) is 0 Å². The number of amides is 2. The number of hydrogen-bond acceptors (Lipinski definition) is 3. The minimum Gasteiger partial charge on any atom is -0.386 e. The van der Waals surface area contributed by atoms with Crippen molar-refractivity contribution in [3.05, 3.63) is 63.7 Å². The minimum atomic E-state index is -0.876. The second kappa shape index (κ2) is 8.11. The molecule has 0 aromatic heterocycles. The van der Waals surface area contributed by atoms with Crippen LogP contribution in [0.25, 0.3) is 0 Å². The fourth-order valence-corrected chi connectivity index (χ4v) is 3.65. The van der Waals surface area contributed by atoms with Crippen LogP contribution in [-0.2, 0) is 11.2 Å². The van der Waals surface area contributed by atoms with Gasteiger partial charge in [0.05, 0.1) is 29.8 Å². The van der Waals surface area contributed by atoms with Gasteiger partial charge in [0, 0.05) is 5.02 Å². The summed E-state index contributed by atoms with van der Waals surface area (Å²) in [6, 6.07) is 10.2. The Labute approximate surface area is 163 Å². The lowest BCUT2D eigenvalue weighted by atomic mass is 9.94. The number of carbonyl (C=O) groups excluding carboxylic acids is 2. The van der Waals surface area contributed by atoms with Crippen molar-refractivity contribution >= 4 is 29.1 Å². The number of para-hydroxylation sites is 1. The number of nitrogens with one attached hydrogen (secondary N) is 2. The summed E-state index contributed by atoms with van der Waals surface area (Å²) in [5.74, 6) is -0.434. The van der Waals surface area contributed by atoms with E-state index in [1.54, 1.807) is 24.3 Å². The Bertz CT molecular complexity index is 882. The van der Waals surface area contributed by atoms with Crippen molar-refractivity contribution in [3.8, 4) is 0 Å². The maximum absolute atomic E-state index is 12.9. The van der Waals surface area contributed by atoms with Crippen LogP contribution in [-0.4, -0.2) is 23.0 Å². The molecule has 0 aliphatic carbocycles. The number of halogens is 1. The number of anilines is 1. The summed E-state index contributed by atoms with van der Waals surface area (Å²) >= 11 is 6.18. The smallest absolute Gasteiger partial charge is 0.253 e. The van der Waals surface area contributed by atoms with Gasteiger partial charge in [-0.05, 0) is 42.2 Å². The molecule has 1 aliphatic rings. The van der Waals surface area contributed by atoms with Crippen molar-refractivity contribution in [1.29, 1.82) is 0 Å². The molecule has 1 aliphatic heterocycles. The van der Waals surface area contributed by atoms with Gasteiger partial charge in [0.25, 0.3) is 5.91 Å². The van der Waals surface area contributed by atoms with Crippen molar-refractivity contribution in [2.45, 2.75) is 45.3 Å². The van der Waals surface area contributed by atoms with Gasteiger partial charge in [-0.15, -0.1) is 0 Å². The normalized spacial score (nSPS) is 15.0. The van der Waals surface area contributed by atoms with Gasteiger partial charge < -0.3 is 15.7 Å². The van der Waals surface area contributed by atoms with Gasteiger partial charge in [-0.2, -0.15) is 0 Å². The Morgan fingerprint density at radius 1 is 1.30 bits per heavy atom. The van der Waals surface area contributed by atoms with Crippen LogP contribution in [0.2, 0.25) is 5.02 Å². The Balaban J connectivity index is 1.85. The van der Waals surface area contributed by atoms with Crippen LogP contribution >= 0.6 is 11.6 Å². The van der Waals surface area contributed by atoms with E-state index in [1.807, 2.05) is 26.0 Å². The first-order chi connectivity index (χ1) is 12.9. The molecular weight excluding hydrogens is 364 g/mol. The van der Waals surface area contributed by atoms with E-state index in [-0.39, 0.29) is 18.2 Å². The highest BCUT2D eigenvalue weighted by atomic mass is 35.5. The van der Waals surface area contributed by atoms with Crippen LogP contribution < -0.4 is 10.6 Å². The molecule has 1 heterocycles. The van der Waals surface area contributed by atoms with E-state index in [2.05, 4.69) is 10.6 Å². The van der Waals surface area contributed by atoms with Crippen LogP contribution in [0.1, 0.15) is 52.9 Å². The summed E-state index contributed by atoms with van der Waals surface area (Å²) in [4.78, 5) is 24.6. The molecule has 0 saturated carbocycles. The van der Waals surface area contributed by atoms with Gasteiger partial charge in [0.2, 0.25) is 5.91 Å². The highest BCUT2D eigenvalue weighted by molar-refractivity contribution is 6.31. The minimum absolute atomic E-state index is 0.120. The molecule has 0 unspecified atom stereocenters. The molecular formula is C21H23ClN2O3. The molecule has 0 saturated heterocycles.